The van der Waals surface area contributed by atoms with E-state index in [-0.39, 0.29) is 11.1 Å². The molecule has 20 heavy (non-hydrogen) atoms. The van der Waals surface area contributed by atoms with Gasteiger partial charge in [0.25, 0.3) is 0 Å². The first-order valence-corrected chi connectivity index (χ1v) is 7.89. The maximum Gasteiger partial charge on any atom is 0.114 e. The Kier molecular flexibility index (Phi) is 4.73. The Morgan fingerprint density at radius 2 is 1.85 bits per heavy atom. The summed E-state index contributed by atoms with van der Waals surface area (Å²) in [6.07, 6.45) is 1.66. The van der Waals surface area contributed by atoms with Crippen LogP contribution in [0.1, 0.15) is 40.5 Å². The molecule has 2 saturated heterocycles. The summed E-state index contributed by atoms with van der Waals surface area (Å²) in [5.74, 6) is 0.716. The topological polar surface area (TPSA) is 39.5 Å². The van der Waals surface area contributed by atoms with Crippen molar-refractivity contribution in [2.45, 2.75) is 51.7 Å². The number of nitrogens with zero attached hydrogens (tertiary/aromatic N) is 3. The molecule has 0 aromatic rings. The quantitative estimate of drug-likeness (QED) is 0.793. The summed E-state index contributed by atoms with van der Waals surface area (Å²) in [5, 5.41) is 9.78. The van der Waals surface area contributed by atoms with Crippen molar-refractivity contribution in [1.82, 2.24) is 9.80 Å². The molecule has 0 amide bonds. The van der Waals surface area contributed by atoms with Gasteiger partial charge < -0.3 is 9.64 Å². The monoisotopic (exact) mass is 279 g/mol. The molecular formula is C16H29N3O. The van der Waals surface area contributed by atoms with Crippen LogP contribution >= 0.6 is 0 Å². The summed E-state index contributed by atoms with van der Waals surface area (Å²) in [7, 11) is 0. The lowest BCUT2D eigenvalue weighted by atomic mass is 9.80. The first-order chi connectivity index (χ1) is 9.37. The SMILES string of the molecule is CC(C)CN1CCN(C2(C#N)CCOC(C)(C)C2)CC1. The Morgan fingerprint density at radius 3 is 2.35 bits per heavy atom. The summed E-state index contributed by atoms with van der Waals surface area (Å²) in [6.45, 7) is 14.8. The van der Waals surface area contributed by atoms with E-state index in [0.29, 0.717) is 12.5 Å². The lowest BCUT2D eigenvalue weighted by molar-refractivity contribution is -0.109. The average molecular weight is 279 g/mol. The van der Waals surface area contributed by atoms with E-state index in [1.807, 2.05) is 0 Å². The van der Waals surface area contributed by atoms with Crippen LogP contribution in [0.2, 0.25) is 0 Å². The third-order valence-corrected chi connectivity index (χ3v) is 4.54. The van der Waals surface area contributed by atoms with Crippen LogP contribution in [0, 0.1) is 17.2 Å². The molecule has 2 heterocycles. The number of ether oxygens (including phenoxy) is 1. The number of hydrogen-bond donors (Lipinski definition) is 0. The molecule has 0 spiro atoms. The standard InChI is InChI=1S/C16H29N3O/c1-14(2)11-18-6-8-19(9-7-18)16(13-17)5-10-20-15(3,4)12-16/h14H,5-12H2,1-4H3. The molecule has 0 saturated carbocycles. The van der Waals surface area contributed by atoms with Gasteiger partial charge >= 0.3 is 0 Å². The Labute approximate surface area is 123 Å². The smallest absolute Gasteiger partial charge is 0.114 e. The number of piperazine rings is 1. The van der Waals surface area contributed by atoms with Crippen LogP contribution in [0.4, 0.5) is 0 Å². The molecule has 0 N–H and O–H groups in total. The van der Waals surface area contributed by atoms with Gasteiger partial charge in [0, 0.05) is 45.6 Å². The van der Waals surface area contributed by atoms with Crippen LogP contribution in [0.15, 0.2) is 0 Å². The lowest BCUT2D eigenvalue weighted by Crippen LogP contribution is -2.61. The molecule has 0 bridgehead atoms. The van der Waals surface area contributed by atoms with Crippen molar-refractivity contribution in [3.05, 3.63) is 0 Å². The molecule has 2 rings (SSSR count). The number of rotatable bonds is 3. The summed E-state index contributed by atoms with van der Waals surface area (Å²) < 4.78 is 5.80. The van der Waals surface area contributed by atoms with Gasteiger partial charge in [-0.25, -0.2) is 0 Å². The molecule has 4 nitrogen and oxygen atoms in total. The highest BCUT2D eigenvalue weighted by Crippen LogP contribution is 2.36. The average Bonchev–Trinajstić information content (AvgIpc) is 2.37. The van der Waals surface area contributed by atoms with E-state index >= 15 is 0 Å². The third kappa shape index (κ3) is 3.52. The zero-order valence-electron chi connectivity index (χ0n) is 13.5. The minimum Gasteiger partial charge on any atom is -0.375 e. The van der Waals surface area contributed by atoms with Gasteiger partial charge in [-0.05, 0) is 19.8 Å². The second-order valence-electron chi connectivity index (χ2n) is 7.36. The third-order valence-electron chi connectivity index (χ3n) is 4.54. The zero-order valence-corrected chi connectivity index (χ0v) is 13.5. The minimum atomic E-state index is -0.314. The second kappa shape index (κ2) is 6.01. The van der Waals surface area contributed by atoms with Gasteiger partial charge in [-0.3, -0.25) is 4.90 Å². The highest BCUT2D eigenvalue weighted by molar-refractivity contribution is 5.13. The second-order valence-corrected chi connectivity index (χ2v) is 7.36. The first-order valence-electron chi connectivity index (χ1n) is 7.89. The molecule has 1 unspecified atom stereocenters. The van der Waals surface area contributed by atoms with Crippen LogP contribution in [-0.4, -0.2) is 60.3 Å². The molecule has 114 valence electrons. The van der Waals surface area contributed by atoms with Crippen molar-refractivity contribution in [2.75, 3.05) is 39.3 Å². The Hall–Kier alpha value is -0.630. The molecule has 0 radical (unpaired) electrons. The maximum atomic E-state index is 9.78. The predicted octanol–water partition coefficient (Wildman–Crippen LogP) is 2.11. The lowest BCUT2D eigenvalue weighted by Gasteiger charge is -2.49. The van der Waals surface area contributed by atoms with Gasteiger partial charge in [-0.2, -0.15) is 5.26 Å². The number of hydrogen-bond acceptors (Lipinski definition) is 4. The Morgan fingerprint density at radius 1 is 1.20 bits per heavy atom. The van der Waals surface area contributed by atoms with Crippen molar-refractivity contribution >= 4 is 0 Å². The van der Waals surface area contributed by atoms with Crippen molar-refractivity contribution in [2.24, 2.45) is 5.92 Å². The van der Waals surface area contributed by atoms with Gasteiger partial charge in [0.15, 0.2) is 0 Å². The van der Waals surface area contributed by atoms with Crippen molar-refractivity contribution in [3.63, 3.8) is 0 Å². The Balaban J connectivity index is 1.99. The number of nitriles is 1. The van der Waals surface area contributed by atoms with Crippen molar-refractivity contribution in [1.29, 1.82) is 5.26 Å². The highest BCUT2D eigenvalue weighted by atomic mass is 16.5. The van der Waals surface area contributed by atoms with E-state index in [1.165, 1.54) is 6.54 Å². The molecule has 0 aliphatic carbocycles. The van der Waals surface area contributed by atoms with E-state index in [1.54, 1.807) is 0 Å². The molecule has 1 atom stereocenters. The van der Waals surface area contributed by atoms with Gasteiger partial charge in [-0.1, -0.05) is 13.8 Å². The minimum absolute atomic E-state index is 0.178. The highest BCUT2D eigenvalue weighted by Gasteiger charge is 2.46. The van der Waals surface area contributed by atoms with E-state index in [9.17, 15) is 5.26 Å². The molecule has 4 heteroatoms. The van der Waals surface area contributed by atoms with Gasteiger partial charge in [0.2, 0.25) is 0 Å². The normalized spacial score (nSPS) is 32.2. The van der Waals surface area contributed by atoms with Crippen LogP contribution in [-0.2, 0) is 4.74 Å². The summed E-state index contributed by atoms with van der Waals surface area (Å²) in [4.78, 5) is 4.94. The fraction of sp³-hybridized carbons (Fsp3) is 0.938. The van der Waals surface area contributed by atoms with Crippen LogP contribution in [0.25, 0.3) is 0 Å². The summed E-state index contributed by atoms with van der Waals surface area (Å²) in [5.41, 5.74) is -0.491. The molecule has 2 aliphatic rings. The summed E-state index contributed by atoms with van der Waals surface area (Å²) >= 11 is 0. The maximum absolute atomic E-state index is 9.78. The van der Waals surface area contributed by atoms with Gasteiger partial charge in [0.1, 0.15) is 5.54 Å². The van der Waals surface area contributed by atoms with Gasteiger partial charge in [0.05, 0.1) is 18.3 Å². The van der Waals surface area contributed by atoms with Crippen molar-refractivity contribution in [3.8, 4) is 6.07 Å². The van der Waals surface area contributed by atoms with E-state index in [0.717, 1.165) is 39.0 Å². The van der Waals surface area contributed by atoms with Gasteiger partial charge in [-0.15, -0.1) is 0 Å². The van der Waals surface area contributed by atoms with Crippen LogP contribution < -0.4 is 0 Å². The molecule has 2 aliphatic heterocycles. The Bertz CT molecular complexity index is 366. The largest absolute Gasteiger partial charge is 0.375 e. The predicted molar refractivity (Wildman–Crippen MR) is 80.5 cm³/mol. The molecular weight excluding hydrogens is 250 g/mol. The van der Waals surface area contributed by atoms with E-state index in [4.69, 9.17) is 4.74 Å². The molecule has 2 fully saturated rings. The first kappa shape index (κ1) is 15.8. The van der Waals surface area contributed by atoms with Crippen LogP contribution in [0.5, 0.6) is 0 Å². The molecule has 0 aromatic carbocycles. The fourth-order valence-electron chi connectivity index (χ4n) is 3.65. The fourth-order valence-corrected chi connectivity index (χ4v) is 3.65. The van der Waals surface area contributed by atoms with Crippen molar-refractivity contribution < 1.29 is 4.74 Å². The summed E-state index contributed by atoms with van der Waals surface area (Å²) in [6, 6.07) is 2.63. The van der Waals surface area contributed by atoms with E-state index < -0.39 is 0 Å². The van der Waals surface area contributed by atoms with Crippen LogP contribution in [0.3, 0.4) is 0 Å². The molecule has 0 aromatic heterocycles. The zero-order chi connectivity index (χ0) is 14.8. The van der Waals surface area contributed by atoms with E-state index in [2.05, 4.69) is 43.6 Å².